The average Bonchev–Trinajstić information content (AvgIpc) is 2.52. The first-order chi connectivity index (χ1) is 11.7. The third-order valence-electron chi connectivity index (χ3n) is 2.90. The summed E-state index contributed by atoms with van der Waals surface area (Å²) in [5.41, 5.74) is 0.186. The van der Waals surface area contributed by atoms with Gasteiger partial charge in [0.25, 0.3) is 5.91 Å². The van der Waals surface area contributed by atoms with Crippen LogP contribution in [0.15, 0.2) is 36.7 Å². The van der Waals surface area contributed by atoms with E-state index in [0.717, 1.165) is 5.56 Å². The van der Waals surface area contributed by atoms with Crippen LogP contribution in [0, 0.1) is 5.82 Å². The number of hydrogen-bond donors (Lipinski definition) is 2. The van der Waals surface area contributed by atoms with Gasteiger partial charge in [-0.25, -0.2) is 19.2 Å². The minimum Gasteiger partial charge on any atom is -0.444 e. The molecular weight excluding hydrogens is 327 g/mol. The van der Waals surface area contributed by atoms with E-state index >= 15 is 0 Å². The second-order valence-corrected chi connectivity index (χ2v) is 6.22. The van der Waals surface area contributed by atoms with Crippen LogP contribution in [-0.4, -0.2) is 27.6 Å². The number of nitrogens with zero attached hydrogens (tertiary/aromatic N) is 2. The van der Waals surface area contributed by atoms with E-state index in [2.05, 4.69) is 20.6 Å². The molecule has 0 saturated heterocycles. The van der Waals surface area contributed by atoms with Crippen LogP contribution in [0.1, 0.15) is 36.8 Å². The first kappa shape index (κ1) is 18.3. The molecule has 1 aromatic carbocycles. The molecule has 1 heterocycles. The number of ether oxygens (including phenoxy) is 1. The van der Waals surface area contributed by atoms with Gasteiger partial charge in [-0.15, -0.1) is 0 Å². The maximum absolute atomic E-state index is 12.9. The highest BCUT2D eigenvalue weighted by Gasteiger charge is 2.17. The van der Waals surface area contributed by atoms with E-state index in [4.69, 9.17) is 4.74 Å². The standard InChI is InChI=1S/C17H19FN4O3/c1-17(2,3)25-16(24)22-14-8-13(20-10-21-14)15(23)19-9-11-4-6-12(18)7-5-11/h4-8,10H,9H2,1-3H3,(H,19,23)(H,20,21,22,24). The van der Waals surface area contributed by atoms with Gasteiger partial charge in [0, 0.05) is 12.6 Å². The Kier molecular flexibility index (Phi) is 5.63. The summed E-state index contributed by atoms with van der Waals surface area (Å²) >= 11 is 0. The van der Waals surface area contributed by atoms with Gasteiger partial charge in [-0.05, 0) is 38.5 Å². The summed E-state index contributed by atoms with van der Waals surface area (Å²) in [7, 11) is 0. The molecule has 1 aromatic heterocycles. The minimum atomic E-state index is -0.677. The Bertz CT molecular complexity index is 757. The van der Waals surface area contributed by atoms with Crippen LogP contribution in [0.5, 0.6) is 0 Å². The van der Waals surface area contributed by atoms with Gasteiger partial charge >= 0.3 is 6.09 Å². The van der Waals surface area contributed by atoms with Gasteiger partial charge in [-0.1, -0.05) is 12.1 Å². The molecule has 0 atom stereocenters. The van der Waals surface area contributed by atoms with E-state index in [1.54, 1.807) is 32.9 Å². The molecule has 2 N–H and O–H groups in total. The molecule has 0 radical (unpaired) electrons. The summed E-state index contributed by atoms with van der Waals surface area (Å²) in [5, 5.41) is 5.10. The molecule has 7 nitrogen and oxygen atoms in total. The van der Waals surface area contributed by atoms with E-state index in [-0.39, 0.29) is 23.9 Å². The molecule has 0 aliphatic rings. The van der Waals surface area contributed by atoms with Gasteiger partial charge in [0.1, 0.15) is 29.3 Å². The van der Waals surface area contributed by atoms with Crippen LogP contribution in [-0.2, 0) is 11.3 Å². The Labute approximate surface area is 144 Å². The number of carbonyl (C=O) groups excluding carboxylic acids is 2. The Hall–Kier alpha value is -3.03. The predicted molar refractivity (Wildman–Crippen MR) is 89.5 cm³/mol. The number of benzene rings is 1. The zero-order valence-electron chi connectivity index (χ0n) is 14.2. The number of aromatic nitrogens is 2. The second-order valence-electron chi connectivity index (χ2n) is 6.22. The fourth-order valence-corrected chi connectivity index (χ4v) is 1.83. The molecule has 0 bridgehead atoms. The highest BCUT2D eigenvalue weighted by molar-refractivity contribution is 5.93. The van der Waals surface area contributed by atoms with E-state index in [1.807, 2.05) is 0 Å². The van der Waals surface area contributed by atoms with Gasteiger partial charge in [0.05, 0.1) is 0 Å². The van der Waals surface area contributed by atoms with Crippen molar-refractivity contribution in [2.24, 2.45) is 0 Å². The van der Waals surface area contributed by atoms with E-state index < -0.39 is 17.6 Å². The lowest BCUT2D eigenvalue weighted by molar-refractivity contribution is 0.0635. The molecule has 2 rings (SSSR count). The number of nitrogens with one attached hydrogen (secondary N) is 2. The molecule has 8 heteroatoms. The monoisotopic (exact) mass is 346 g/mol. The van der Waals surface area contributed by atoms with Crippen molar-refractivity contribution in [1.82, 2.24) is 15.3 Å². The summed E-state index contributed by atoms with van der Waals surface area (Å²) in [5.74, 6) is -0.640. The van der Waals surface area contributed by atoms with Crippen molar-refractivity contribution in [2.75, 3.05) is 5.32 Å². The molecule has 132 valence electrons. The zero-order valence-corrected chi connectivity index (χ0v) is 14.2. The molecular formula is C17H19FN4O3. The Morgan fingerprint density at radius 3 is 2.48 bits per heavy atom. The molecule has 0 spiro atoms. The zero-order chi connectivity index (χ0) is 18.4. The minimum absolute atomic E-state index is 0.0863. The molecule has 0 unspecified atom stereocenters. The van der Waals surface area contributed by atoms with Crippen LogP contribution in [0.4, 0.5) is 15.0 Å². The average molecular weight is 346 g/mol. The van der Waals surface area contributed by atoms with Gasteiger partial charge < -0.3 is 10.1 Å². The fourth-order valence-electron chi connectivity index (χ4n) is 1.83. The third-order valence-corrected chi connectivity index (χ3v) is 2.90. The van der Waals surface area contributed by atoms with Crippen LogP contribution in [0.2, 0.25) is 0 Å². The molecule has 25 heavy (non-hydrogen) atoms. The largest absolute Gasteiger partial charge is 0.444 e. The number of hydrogen-bond acceptors (Lipinski definition) is 5. The van der Waals surface area contributed by atoms with Crippen LogP contribution >= 0.6 is 0 Å². The number of rotatable bonds is 4. The third kappa shape index (κ3) is 6.17. The SMILES string of the molecule is CC(C)(C)OC(=O)Nc1cc(C(=O)NCc2ccc(F)cc2)ncn1. The number of anilines is 1. The molecule has 0 fully saturated rings. The summed E-state index contributed by atoms with van der Waals surface area (Å²) in [6.07, 6.45) is 0.489. The number of amides is 2. The molecule has 2 aromatic rings. The lowest BCUT2D eigenvalue weighted by Gasteiger charge is -2.19. The first-order valence-electron chi connectivity index (χ1n) is 7.57. The highest BCUT2D eigenvalue weighted by Crippen LogP contribution is 2.10. The maximum atomic E-state index is 12.9. The summed E-state index contributed by atoms with van der Waals surface area (Å²) in [4.78, 5) is 31.6. The summed E-state index contributed by atoms with van der Waals surface area (Å²) in [6, 6.07) is 7.12. The highest BCUT2D eigenvalue weighted by atomic mass is 19.1. The fraction of sp³-hybridized carbons (Fsp3) is 0.294. The van der Waals surface area contributed by atoms with Gasteiger partial charge in [-0.3, -0.25) is 10.1 Å². The number of carbonyl (C=O) groups is 2. The maximum Gasteiger partial charge on any atom is 0.413 e. The Morgan fingerprint density at radius 1 is 1.16 bits per heavy atom. The van der Waals surface area contributed by atoms with Gasteiger partial charge in [0.2, 0.25) is 0 Å². The van der Waals surface area contributed by atoms with E-state index in [9.17, 15) is 14.0 Å². The van der Waals surface area contributed by atoms with Crippen molar-refractivity contribution in [3.63, 3.8) is 0 Å². The Balaban J connectivity index is 1.96. The first-order valence-corrected chi connectivity index (χ1v) is 7.57. The molecule has 0 aliphatic carbocycles. The van der Waals surface area contributed by atoms with Crippen LogP contribution < -0.4 is 10.6 Å². The number of halogens is 1. The van der Waals surface area contributed by atoms with Crippen molar-refractivity contribution in [3.8, 4) is 0 Å². The Morgan fingerprint density at radius 2 is 1.84 bits per heavy atom. The summed E-state index contributed by atoms with van der Waals surface area (Å²) < 4.78 is 18.0. The van der Waals surface area contributed by atoms with Crippen molar-refractivity contribution in [1.29, 1.82) is 0 Å². The van der Waals surface area contributed by atoms with Crippen molar-refractivity contribution < 1.29 is 18.7 Å². The molecule has 2 amide bonds. The smallest absolute Gasteiger partial charge is 0.413 e. The second kappa shape index (κ2) is 7.69. The van der Waals surface area contributed by atoms with Gasteiger partial charge in [0.15, 0.2) is 0 Å². The quantitative estimate of drug-likeness (QED) is 0.888. The normalized spacial score (nSPS) is 10.9. The predicted octanol–water partition coefficient (Wildman–Crippen LogP) is 2.89. The van der Waals surface area contributed by atoms with E-state index in [1.165, 1.54) is 24.5 Å². The van der Waals surface area contributed by atoms with Crippen LogP contribution in [0.25, 0.3) is 0 Å². The lowest BCUT2D eigenvalue weighted by atomic mass is 10.2. The van der Waals surface area contributed by atoms with Crippen molar-refractivity contribution in [2.45, 2.75) is 32.9 Å². The lowest BCUT2D eigenvalue weighted by Crippen LogP contribution is -2.28. The molecule has 0 aliphatic heterocycles. The van der Waals surface area contributed by atoms with Crippen molar-refractivity contribution >= 4 is 17.8 Å². The van der Waals surface area contributed by atoms with Gasteiger partial charge in [-0.2, -0.15) is 0 Å². The molecule has 0 saturated carbocycles. The van der Waals surface area contributed by atoms with Crippen molar-refractivity contribution in [3.05, 3.63) is 53.7 Å². The van der Waals surface area contributed by atoms with E-state index in [0.29, 0.717) is 0 Å². The topological polar surface area (TPSA) is 93.2 Å². The summed E-state index contributed by atoms with van der Waals surface area (Å²) in [6.45, 7) is 5.43. The van der Waals surface area contributed by atoms with Crippen LogP contribution in [0.3, 0.4) is 0 Å².